The van der Waals surface area contributed by atoms with Crippen molar-refractivity contribution in [3.05, 3.63) is 76.0 Å². The molecule has 0 radical (unpaired) electrons. The van der Waals surface area contributed by atoms with Crippen LogP contribution in [-0.4, -0.2) is 63.9 Å². The van der Waals surface area contributed by atoms with Crippen molar-refractivity contribution in [1.82, 2.24) is 24.8 Å². The number of carbonyl (C=O) groups is 1. The van der Waals surface area contributed by atoms with E-state index in [4.69, 9.17) is 4.98 Å². The summed E-state index contributed by atoms with van der Waals surface area (Å²) in [5.41, 5.74) is 5.07. The highest BCUT2D eigenvalue weighted by Crippen LogP contribution is 2.37. The first-order valence-electron chi connectivity index (χ1n) is 12.4. The lowest BCUT2D eigenvalue weighted by atomic mass is 9.95. The summed E-state index contributed by atoms with van der Waals surface area (Å²) in [5, 5.41) is 6.85. The molecule has 188 valence electrons. The molecule has 1 aliphatic heterocycles. The van der Waals surface area contributed by atoms with E-state index in [1.807, 2.05) is 46.1 Å². The molecule has 0 bridgehead atoms. The van der Waals surface area contributed by atoms with Gasteiger partial charge in [-0.05, 0) is 70.1 Å². The molecule has 1 atom stereocenters. The van der Waals surface area contributed by atoms with Crippen LogP contribution in [0.4, 0.5) is 16.2 Å². The number of aromatic nitrogens is 3. The van der Waals surface area contributed by atoms with Crippen molar-refractivity contribution in [2.24, 2.45) is 0 Å². The fourth-order valence-corrected chi connectivity index (χ4v) is 4.89. The molecule has 2 aliphatic rings. The molecule has 2 N–H and O–H groups in total. The zero-order valence-electron chi connectivity index (χ0n) is 21.2. The van der Waals surface area contributed by atoms with E-state index in [1.165, 1.54) is 6.07 Å². The number of amides is 1. The van der Waals surface area contributed by atoms with E-state index in [0.29, 0.717) is 30.5 Å². The van der Waals surface area contributed by atoms with Crippen LogP contribution in [-0.2, 0) is 19.4 Å². The maximum absolute atomic E-state index is 14.5. The van der Waals surface area contributed by atoms with Gasteiger partial charge < -0.3 is 20.4 Å². The third kappa shape index (κ3) is 4.63. The average molecular weight is 490 g/mol. The van der Waals surface area contributed by atoms with Crippen LogP contribution in [0.2, 0.25) is 0 Å². The number of halogens is 1. The molecule has 2 aromatic heterocycles. The lowest BCUT2D eigenvalue weighted by Gasteiger charge is -2.24. The SMILES string of the molecule is CC(C)N1Cc2c(NC3c4cc(F)ccc4CCc4ncccc43)nc(NCCN(C)C)nc2C1=O. The summed E-state index contributed by atoms with van der Waals surface area (Å²) < 4.78 is 14.5. The zero-order chi connectivity index (χ0) is 25.4. The van der Waals surface area contributed by atoms with Gasteiger partial charge in [0.15, 0.2) is 0 Å². The van der Waals surface area contributed by atoms with Crippen LogP contribution >= 0.6 is 0 Å². The average Bonchev–Trinajstić information content (AvgIpc) is 3.10. The van der Waals surface area contributed by atoms with Gasteiger partial charge in [-0.2, -0.15) is 4.98 Å². The van der Waals surface area contributed by atoms with Crippen molar-refractivity contribution in [2.45, 2.75) is 45.3 Å². The number of hydrogen-bond donors (Lipinski definition) is 2. The third-order valence-corrected chi connectivity index (χ3v) is 6.83. The second-order valence-corrected chi connectivity index (χ2v) is 9.94. The number of nitrogens with zero attached hydrogens (tertiary/aromatic N) is 5. The van der Waals surface area contributed by atoms with Gasteiger partial charge in [0.05, 0.1) is 12.6 Å². The second kappa shape index (κ2) is 9.81. The topological polar surface area (TPSA) is 86.3 Å². The first kappa shape index (κ1) is 24.1. The van der Waals surface area contributed by atoms with Crippen LogP contribution < -0.4 is 10.6 Å². The summed E-state index contributed by atoms with van der Waals surface area (Å²) in [4.78, 5) is 31.1. The molecule has 8 nitrogen and oxygen atoms in total. The molecule has 9 heteroatoms. The highest BCUT2D eigenvalue weighted by Gasteiger charge is 2.35. The van der Waals surface area contributed by atoms with E-state index in [-0.39, 0.29) is 23.8 Å². The molecule has 1 aromatic carbocycles. The number of carbonyl (C=O) groups excluding carboxylic acids is 1. The van der Waals surface area contributed by atoms with Crippen LogP contribution in [0.1, 0.15) is 58.3 Å². The second-order valence-electron chi connectivity index (χ2n) is 9.94. The van der Waals surface area contributed by atoms with E-state index < -0.39 is 0 Å². The molecule has 1 unspecified atom stereocenters. The number of fused-ring (bicyclic) bond motifs is 3. The zero-order valence-corrected chi connectivity index (χ0v) is 21.2. The van der Waals surface area contributed by atoms with Crippen LogP contribution in [0.3, 0.4) is 0 Å². The van der Waals surface area contributed by atoms with Gasteiger partial charge in [0.2, 0.25) is 5.95 Å². The van der Waals surface area contributed by atoms with Crippen molar-refractivity contribution in [2.75, 3.05) is 37.8 Å². The van der Waals surface area contributed by atoms with Gasteiger partial charge >= 0.3 is 0 Å². The maximum Gasteiger partial charge on any atom is 0.273 e. The maximum atomic E-state index is 14.5. The molecule has 0 fully saturated rings. The predicted octanol–water partition coefficient (Wildman–Crippen LogP) is 3.65. The van der Waals surface area contributed by atoms with E-state index in [1.54, 1.807) is 17.2 Å². The molecule has 3 heterocycles. The van der Waals surface area contributed by atoms with Crippen LogP contribution in [0, 0.1) is 5.82 Å². The quantitative estimate of drug-likeness (QED) is 0.524. The molecule has 0 saturated carbocycles. The van der Waals surface area contributed by atoms with Crippen LogP contribution in [0.5, 0.6) is 0 Å². The molecular formula is C27H32FN7O. The number of aryl methyl sites for hydroxylation is 2. The highest BCUT2D eigenvalue weighted by molar-refractivity contribution is 5.98. The Kier molecular flexibility index (Phi) is 6.57. The van der Waals surface area contributed by atoms with Gasteiger partial charge in [-0.15, -0.1) is 0 Å². The molecule has 5 rings (SSSR count). The molecule has 1 amide bonds. The number of rotatable bonds is 7. The number of anilines is 2. The largest absolute Gasteiger partial charge is 0.359 e. The van der Waals surface area contributed by atoms with E-state index in [9.17, 15) is 9.18 Å². The molecule has 3 aromatic rings. The van der Waals surface area contributed by atoms with Crippen molar-refractivity contribution in [3.8, 4) is 0 Å². The minimum atomic E-state index is -0.362. The molecular weight excluding hydrogens is 457 g/mol. The Hall–Kier alpha value is -3.59. The minimum absolute atomic E-state index is 0.0299. The predicted molar refractivity (Wildman–Crippen MR) is 138 cm³/mol. The Bertz CT molecular complexity index is 1290. The first-order valence-corrected chi connectivity index (χ1v) is 12.4. The van der Waals surface area contributed by atoms with Crippen LogP contribution in [0.25, 0.3) is 0 Å². The number of likely N-dealkylation sites (N-methyl/N-ethyl adjacent to an activating group) is 1. The Morgan fingerprint density at radius 3 is 2.78 bits per heavy atom. The number of benzene rings is 1. The number of hydrogen-bond acceptors (Lipinski definition) is 7. The molecule has 36 heavy (non-hydrogen) atoms. The van der Waals surface area contributed by atoms with E-state index >= 15 is 0 Å². The first-order chi connectivity index (χ1) is 17.3. The fourth-order valence-electron chi connectivity index (χ4n) is 4.89. The standard InChI is InChI=1S/C27H32FN7O/c1-16(2)35-15-21-24(26(35)36)32-27(30-12-13-34(3)4)33-25(21)31-23-19-6-5-11-29-22(19)10-8-17-7-9-18(28)14-20(17)23/h5-7,9,11,14,16,23H,8,10,12-13,15H2,1-4H3,(H2,30,31,32,33). The van der Waals surface area contributed by atoms with Crippen molar-refractivity contribution in [3.63, 3.8) is 0 Å². The lowest BCUT2D eigenvalue weighted by Crippen LogP contribution is -2.31. The fraction of sp³-hybridized carbons (Fsp3) is 0.407. The Labute approximate surface area is 211 Å². The monoisotopic (exact) mass is 489 g/mol. The van der Waals surface area contributed by atoms with Crippen LogP contribution in [0.15, 0.2) is 36.5 Å². The number of pyridine rings is 1. The van der Waals surface area contributed by atoms with Gasteiger partial charge in [-0.25, -0.2) is 9.37 Å². The molecule has 0 spiro atoms. The molecule has 1 aliphatic carbocycles. The summed E-state index contributed by atoms with van der Waals surface area (Å²) in [6, 6.07) is 8.56. The summed E-state index contributed by atoms with van der Waals surface area (Å²) in [6.07, 6.45) is 3.34. The minimum Gasteiger partial charge on any atom is -0.359 e. The van der Waals surface area contributed by atoms with Gasteiger partial charge in [0.25, 0.3) is 5.91 Å². The Morgan fingerprint density at radius 1 is 1.17 bits per heavy atom. The van der Waals surface area contributed by atoms with Gasteiger partial charge in [-0.1, -0.05) is 12.1 Å². The lowest BCUT2D eigenvalue weighted by molar-refractivity contribution is 0.0726. The summed E-state index contributed by atoms with van der Waals surface area (Å²) >= 11 is 0. The van der Waals surface area contributed by atoms with E-state index in [0.717, 1.165) is 47.3 Å². The Morgan fingerprint density at radius 2 is 2.00 bits per heavy atom. The van der Waals surface area contributed by atoms with Crippen molar-refractivity contribution in [1.29, 1.82) is 0 Å². The van der Waals surface area contributed by atoms with E-state index in [2.05, 4.69) is 25.5 Å². The smallest absolute Gasteiger partial charge is 0.273 e. The normalized spacial score (nSPS) is 16.6. The number of nitrogens with one attached hydrogen (secondary N) is 2. The summed E-state index contributed by atoms with van der Waals surface area (Å²) in [6.45, 7) is 5.84. The summed E-state index contributed by atoms with van der Waals surface area (Å²) in [5.74, 6) is 0.598. The molecule has 0 saturated heterocycles. The van der Waals surface area contributed by atoms with Crippen molar-refractivity contribution >= 4 is 17.7 Å². The Balaban J connectivity index is 1.60. The van der Waals surface area contributed by atoms with Crippen molar-refractivity contribution < 1.29 is 9.18 Å². The van der Waals surface area contributed by atoms with Gasteiger partial charge in [-0.3, -0.25) is 9.78 Å². The van der Waals surface area contributed by atoms with Gasteiger partial charge in [0.1, 0.15) is 17.3 Å². The highest BCUT2D eigenvalue weighted by atomic mass is 19.1. The third-order valence-electron chi connectivity index (χ3n) is 6.83. The summed E-state index contributed by atoms with van der Waals surface area (Å²) in [7, 11) is 3.99. The van der Waals surface area contributed by atoms with Gasteiger partial charge in [0, 0.05) is 42.1 Å².